The molecule has 1 fully saturated rings. The average Bonchev–Trinajstić information content (AvgIpc) is 2.29. The predicted molar refractivity (Wildman–Crippen MR) is 62.7 cm³/mol. The van der Waals surface area contributed by atoms with Gasteiger partial charge in [-0.15, -0.1) is 0 Å². The number of nitrogens with zero attached hydrogens (tertiary/aromatic N) is 1. The molecular formula is C12H19NO4. The lowest BCUT2D eigenvalue weighted by molar-refractivity contribution is -0.137. The van der Waals surface area contributed by atoms with Gasteiger partial charge >= 0.3 is 12.1 Å². The zero-order valence-corrected chi connectivity index (χ0v) is 10.3. The average molecular weight is 241 g/mol. The van der Waals surface area contributed by atoms with Gasteiger partial charge in [-0.1, -0.05) is 5.57 Å². The molecule has 1 rings (SSSR count). The number of hydrogen-bond acceptors (Lipinski definition) is 3. The minimum atomic E-state index is -0.865. The summed E-state index contributed by atoms with van der Waals surface area (Å²) >= 11 is 0. The third-order valence-electron chi connectivity index (χ3n) is 3.04. The first-order valence-electron chi connectivity index (χ1n) is 5.87. The summed E-state index contributed by atoms with van der Waals surface area (Å²) in [6, 6.07) is 0. The van der Waals surface area contributed by atoms with E-state index in [0.29, 0.717) is 19.7 Å². The number of hydrogen-bond donors (Lipinski definition) is 1. The lowest BCUT2D eigenvalue weighted by atomic mass is 9.90. The van der Waals surface area contributed by atoms with Crippen molar-refractivity contribution in [2.75, 3.05) is 19.7 Å². The maximum Gasteiger partial charge on any atom is 0.407 e. The Morgan fingerprint density at radius 3 is 2.47 bits per heavy atom. The highest BCUT2D eigenvalue weighted by Gasteiger charge is 2.23. The quantitative estimate of drug-likeness (QED) is 0.605. The van der Waals surface area contributed by atoms with Gasteiger partial charge in [-0.3, -0.25) is 0 Å². The summed E-state index contributed by atoms with van der Waals surface area (Å²) in [6.45, 7) is 5.12. The third kappa shape index (κ3) is 4.09. The molecule has 17 heavy (non-hydrogen) atoms. The molecule has 0 aromatic rings. The van der Waals surface area contributed by atoms with Gasteiger partial charge in [0.15, 0.2) is 0 Å². The Morgan fingerprint density at radius 2 is 2.00 bits per heavy atom. The van der Waals surface area contributed by atoms with E-state index in [-0.39, 0.29) is 11.9 Å². The normalized spacial score (nSPS) is 18.0. The predicted octanol–water partition coefficient (Wildman–Crippen LogP) is 1.89. The minimum absolute atomic E-state index is 0.287. The van der Waals surface area contributed by atoms with Gasteiger partial charge in [0, 0.05) is 19.2 Å². The highest BCUT2D eigenvalue weighted by molar-refractivity contribution is 5.82. The van der Waals surface area contributed by atoms with Crippen LogP contribution in [0, 0.1) is 5.92 Å². The van der Waals surface area contributed by atoms with E-state index >= 15 is 0 Å². The van der Waals surface area contributed by atoms with E-state index in [4.69, 9.17) is 9.84 Å². The Morgan fingerprint density at radius 1 is 1.41 bits per heavy atom. The Balaban J connectivity index is 2.48. The molecule has 1 saturated heterocycles. The number of piperidine rings is 1. The van der Waals surface area contributed by atoms with Crippen molar-refractivity contribution < 1.29 is 19.4 Å². The van der Waals surface area contributed by atoms with Crippen LogP contribution < -0.4 is 0 Å². The number of ether oxygens (including phenoxy) is 1. The fraction of sp³-hybridized carbons (Fsp3) is 0.667. The highest BCUT2D eigenvalue weighted by Crippen LogP contribution is 2.24. The molecule has 5 nitrogen and oxygen atoms in total. The number of carboxylic acid groups (broad SMARTS) is 1. The molecule has 0 aromatic heterocycles. The molecule has 1 aliphatic heterocycles. The molecule has 0 spiro atoms. The first-order chi connectivity index (χ1) is 8.04. The Hall–Kier alpha value is -1.52. The first-order valence-corrected chi connectivity index (χ1v) is 5.87. The number of esters is 1. The molecule has 5 heteroatoms. The molecule has 96 valence electrons. The van der Waals surface area contributed by atoms with Crippen molar-refractivity contribution in [2.45, 2.75) is 26.7 Å². The molecule has 0 unspecified atom stereocenters. The standard InChI is InChI=1S/C12H19NO4/c1-3-17-11(14)8-9(2)10-4-6-13(7-5-10)12(15)16/h8,10H,3-7H2,1-2H3,(H,15,16). The SMILES string of the molecule is CCOC(=O)C=C(C)C1CCN(C(=O)O)CC1. The van der Waals surface area contributed by atoms with E-state index in [1.807, 2.05) is 6.92 Å². The van der Waals surface area contributed by atoms with Crippen LogP contribution in [-0.2, 0) is 9.53 Å². The largest absolute Gasteiger partial charge is 0.465 e. The number of carbonyl (C=O) groups is 2. The van der Waals surface area contributed by atoms with Crippen LogP contribution in [0.25, 0.3) is 0 Å². The molecule has 0 bridgehead atoms. The summed E-state index contributed by atoms with van der Waals surface area (Å²) in [7, 11) is 0. The lowest BCUT2D eigenvalue weighted by Gasteiger charge is -2.30. The first kappa shape index (κ1) is 13.5. The smallest absolute Gasteiger partial charge is 0.407 e. The van der Waals surface area contributed by atoms with Crippen molar-refractivity contribution in [1.29, 1.82) is 0 Å². The van der Waals surface area contributed by atoms with Gasteiger partial charge in [-0.25, -0.2) is 9.59 Å². The van der Waals surface area contributed by atoms with E-state index in [0.717, 1.165) is 18.4 Å². The summed E-state index contributed by atoms with van der Waals surface area (Å²) in [5.41, 5.74) is 0.980. The van der Waals surface area contributed by atoms with Crippen LogP contribution in [0.3, 0.4) is 0 Å². The molecule has 0 aliphatic carbocycles. The van der Waals surface area contributed by atoms with E-state index in [1.165, 1.54) is 11.0 Å². The van der Waals surface area contributed by atoms with Crippen molar-refractivity contribution in [1.82, 2.24) is 4.90 Å². The van der Waals surface area contributed by atoms with Gasteiger partial charge in [0.1, 0.15) is 0 Å². The summed E-state index contributed by atoms with van der Waals surface area (Å²) in [5, 5.41) is 8.82. The second kappa shape index (κ2) is 6.27. The van der Waals surface area contributed by atoms with Gasteiger partial charge in [-0.2, -0.15) is 0 Å². The highest BCUT2D eigenvalue weighted by atomic mass is 16.5. The number of amides is 1. The number of carbonyl (C=O) groups excluding carboxylic acids is 1. The van der Waals surface area contributed by atoms with Crippen LogP contribution >= 0.6 is 0 Å². The van der Waals surface area contributed by atoms with Crippen LogP contribution in [0.5, 0.6) is 0 Å². The van der Waals surface area contributed by atoms with Gasteiger partial charge in [0.05, 0.1) is 6.61 Å². The van der Waals surface area contributed by atoms with Crippen molar-refractivity contribution in [2.24, 2.45) is 5.92 Å². The maximum absolute atomic E-state index is 11.3. The third-order valence-corrected chi connectivity index (χ3v) is 3.04. The second-order valence-corrected chi connectivity index (χ2v) is 4.18. The minimum Gasteiger partial charge on any atom is -0.465 e. The van der Waals surface area contributed by atoms with Gasteiger partial charge < -0.3 is 14.7 Å². The summed E-state index contributed by atoms with van der Waals surface area (Å²) < 4.78 is 4.84. The van der Waals surface area contributed by atoms with E-state index in [2.05, 4.69) is 0 Å². The molecular weight excluding hydrogens is 222 g/mol. The molecule has 1 aliphatic rings. The number of rotatable bonds is 3. The molecule has 0 atom stereocenters. The van der Waals surface area contributed by atoms with Crippen molar-refractivity contribution in [3.8, 4) is 0 Å². The molecule has 0 aromatic carbocycles. The zero-order chi connectivity index (χ0) is 12.8. The van der Waals surface area contributed by atoms with E-state index < -0.39 is 6.09 Å². The number of allylic oxidation sites excluding steroid dienone is 1. The Kier molecular flexibility index (Phi) is 5.00. The molecule has 0 saturated carbocycles. The van der Waals surface area contributed by atoms with Gasteiger partial charge in [0.25, 0.3) is 0 Å². The maximum atomic E-state index is 11.3. The Bertz CT molecular complexity index is 316. The summed E-state index contributed by atoms with van der Waals surface area (Å²) in [5.74, 6) is -0.0272. The topological polar surface area (TPSA) is 66.8 Å². The van der Waals surface area contributed by atoms with Crippen molar-refractivity contribution >= 4 is 12.1 Å². The zero-order valence-electron chi connectivity index (χ0n) is 10.3. The fourth-order valence-corrected chi connectivity index (χ4v) is 2.01. The van der Waals surface area contributed by atoms with Crippen LogP contribution in [-0.4, -0.2) is 41.8 Å². The van der Waals surface area contributed by atoms with Crippen LogP contribution in [0.1, 0.15) is 26.7 Å². The van der Waals surface area contributed by atoms with E-state index in [1.54, 1.807) is 6.92 Å². The number of likely N-dealkylation sites (tertiary alicyclic amines) is 1. The second-order valence-electron chi connectivity index (χ2n) is 4.18. The van der Waals surface area contributed by atoms with Crippen molar-refractivity contribution in [3.05, 3.63) is 11.6 Å². The summed E-state index contributed by atoms with van der Waals surface area (Å²) in [6.07, 6.45) is 2.20. The van der Waals surface area contributed by atoms with Crippen LogP contribution in [0.2, 0.25) is 0 Å². The van der Waals surface area contributed by atoms with Crippen LogP contribution in [0.15, 0.2) is 11.6 Å². The Labute approximate surface area is 101 Å². The monoisotopic (exact) mass is 241 g/mol. The fourth-order valence-electron chi connectivity index (χ4n) is 2.01. The van der Waals surface area contributed by atoms with Gasteiger partial charge in [-0.05, 0) is 32.6 Å². The molecule has 1 amide bonds. The van der Waals surface area contributed by atoms with Gasteiger partial charge in [0.2, 0.25) is 0 Å². The van der Waals surface area contributed by atoms with Crippen LogP contribution in [0.4, 0.5) is 4.79 Å². The molecule has 0 radical (unpaired) electrons. The molecule has 1 N–H and O–H groups in total. The van der Waals surface area contributed by atoms with Crippen molar-refractivity contribution in [3.63, 3.8) is 0 Å². The van der Waals surface area contributed by atoms with E-state index in [9.17, 15) is 9.59 Å². The summed E-state index contributed by atoms with van der Waals surface area (Å²) in [4.78, 5) is 23.4. The lowest BCUT2D eigenvalue weighted by Crippen LogP contribution is -2.37. The molecule has 1 heterocycles.